The molecule has 0 unspecified atom stereocenters. The van der Waals surface area contributed by atoms with E-state index in [-0.39, 0.29) is 6.03 Å². The molecule has 0 atom stereocenters. The second-order valence-corrected chi connectivity index (χ2v) is 4.08. The average Bonchev–Trinajstić information content (AvgIpc) is 2.66. The topological polar surface area (TPSA) is 45.7 Å². The molecule has 1 aromatic rings. The van der Waals surface area contributed by atoms with Gasteiger partial charge in [0.1, 0.15) is 13.5 Å². The van der Waals surface area contributed by atoms with E-state index in [1.54, 1.807) is 39.9 Å². The SMILES string of the molecule is CN1COCN(Cc2cncs2)C1=O. The second-order valence-electron chi connectivity index (χ2n) is 3.11. The molecule has 6 heteroatoms. The molecule has 0 saturated carbocycles. The molecule has 0 N–H and O–H groups in total. The largest absolute Gasteiger partial charge is 0.341 e. The third kappa shape index (κ3) is 1.85. The van der Waals surface area contributed by atoms with Crippen LogP contribution in [-0.2, 0) is 11.3 Å². The summed E-state index contributed by atoms with van der Waals surface area (Å²) in [6.07, 6.45) is 1.77. The van der Waals surface area contributed by atoms with Crippen molar-refractivity contribution in [1.29, 1.82) is 0 Å². The summed E-state index contributed by atoms with van der Waals surface area (Å²) >= 11 is 1.54. The maximum Gasteiger partial charge on any atom is 0.323 e. The molecule has 2 rings (SSSR count). The number of hydrogen-bond acceptors (Lipinski definition) is 4. The van der Waals surface area contributed by atoms with Crippen molar-refractivity contribution in [3.63, 3.8) is 0 Å². The van der Waals surface area contributed by atoms with Crippen molar-refractivity contribution in [2.75, 3.05) is 20.5 Å². The number of carbonyl (C=O) groups is 1. The fourth-order valence-electron chi connectivity index (χ4n) is 1.26. The number of amides is 2. The summed E-state index contributed by atoms with van der Waals surface area (Å²) in [6.45, 7) is 1.31. The van der Waals surface area contributed by atoms with E-state index in [1.807, 2.05) is 0 Å². The van der Waals surface area contributed by atoms with Gasteiger partial charge in [0.25, 0.3) is 0 Å². The normalized spacial score (nSPS) is 17.6. The molecule has 14 heavy (non-hydrogen) atoms. The molecule has 1 fully saturated rings. The molecule has 0 aliphatic carbocycles. The van der Waals surface area contributed by atoms with Gasteiger partial charge in [-0.05, 0) is 0 Å². The summed E-state index contributed by atoms with van der Waals surface area (Å²) in [6, 6.07) is 0.00431. The number of carbonyl (C=O) groups excluding carboxylic acids is 1. The van der Waals surface area contributed by atoms with E-state index in [0.717, 1.165) is 4.88 Å². The first kappa shape index (κ1) is 9.42. The van der Waals surface area contributed by atoms with Crippen LogP contribution < -0.4 is 0 Å². The summed E-state index contributed by atoms with van der Waals surface area (Å²) in [7, 11) is 1.72. The molecule has 0 aromatic carbocycles. The quantitative estimate of drug-likeness (QED) is 0.734. The highest BCUT2D eigenvalue weighted by Crippen LogP contribution is 2.13. The molecule has 76 valence electrons. The smallest absolute Gasteiger partial charge is 0.323 e. The van der Waals surface area contributed by atoms with Crippen molar-refractivity contribution in [1.82, 2.24) is 14.8 Å². The Bertz CT molecular complexity index is 314. The van der Waals surface area contributed by atoms with Gasteiger partial charge in [0.05, 0.1) is 12.1 Å². The number of thiazole rings is 1. The highest BCUT2D eigenvalue weighted by atomic mass is 32.1. The molecule has 0 radical (unpaired) electrons. The lowest BCUT2D eigenvalue weighted by Gasteiger charge is -2.32. The third-order valence-electron chi connectivity index (χ3n) is 1.96. The predicted molar refractivity (Wildman–Crippen MR) is 51.6 cm³/mol. The van der Waals surface area contributed by atoms with Crippen molar-refractivity contribution in [3.05, 3.63) is 16.6 Å². The Morgan fingerprint density at radius 3 is 3.21 bits per heavy atom. The van der Waals surface area contributed by atoms with Gasteiger partial charge in [-0.25, -0.2) is 4.79 Å². The molecule has 2 heterocycles. The van der Waals surface area contributed by atoms with Gasteiger partial charge in [-0.15, -0.1) is 11.3 Å². The lowest BCUT2D eigenvalue weighted by atomic mass is 10.5. The van der Waals surface area contributed by atoms with Crippen molar-refractivity contribution >= 4 is 17.4 Å². The summed E-state index contributed by atoms with van der Waals surface area (Å²) in [5.41, 5.74) is 1.76. The minimum atomic E-state index is 0.00431. The lowest BCUT2D eigenvalue weighted by Crippen LogP contribution is -2.47. The molecule has 0 bridgehead atoms. The lowest BCUT2D eigenvalue weighted by molar-refractivity contribution is -0.0456. The molecule has 1 aromatic heterocycles. The van der Waals surface area contributed by atoms with E-state index < -0.39 is 0 Å². The Morgan fingerprint density at radius 1 is 1.64 bits per heavy atom. The van der Waals surface area contributed by atoms with Gasteiger partial charge < -0.3 is 9.64 Å². The van der Waals surface area contributed by atoms with Crippen molar-refractivity contribution in [2.45, 2.75) is 6.54 Å². The molecule has 2 amide bonds. The van der Waals surface area contributed by atoms with Crippen molar-refractivity contribution in [2.24, 2.45) is 0 Å². The van der Waals surface area contributed by atoms with Crippen LogP contribution in [0.1, 0.15) is 4.88 Å². The second kappa shape index (κ2) is 3.93. The summed E-state index contributed by atoms with van der Waals surface area (Å²) in [5.74, 6) is 0. The maximum absolute atomic E-state index is 11.6. The molecule has 1 aliphatic heterocycles. The highest BCUT2D eigenvalue weighted by Gasteiger charge is 2.23. The molecular formula is C8H11N3O2S. The van der Waals surface area contributed by atoms with E-state index in [2.05, 4.69) is 4.98 Å². The van der Waals surface area contributed by atoms with Gasteiger partial charge in [-0.2, -0.15) is 0 Å². The average molecular weight is 213 g/mol. The van der Waals surface area contributed by atoms with Gasteiger partial charge in [0.2, 0.25) is 0 Å². The molecular weight excluding hydrogens is 202 g/mol. The number of nitrogens with zero attached hydrogens (tertiary/aromatic N) is 3. The van der Waals surface area contributed by atoms with Gasteiger partial charge in [-0.1, -0.05) is 0 Å². The zero-order chi connectivity index (χ0) is 9.97. The van der Waals surface area contributed by atoms with Crippen LogP contribution in [0.4, 0.5) is 4.79 Å². The maximum atomic E-state index is 11.6. The number of urea groups is 1. The van der Waals surface area contributed by atoms with Crippen LogP contribution >= 0.6 is 11.3 Å². The van der Waals surface area contributed by atoms with Crippen molar-refractivity contribution < 1.29 is 9.53 Å². The van der Waals surface area contributed by atoms with Crippen LogP contribution in [0.2, 0.25) is 0 Å². The number of ether oxygens (including phenoxy) is 1. The molecule has 1 aliphatic rings. The first-order valence-electron chi connectivity index (χ1n) is 4.22. The molecule has 0 spiro atoms. The van der Waals surface area contributed by atoms with E-state index >= 15 is 0 Å². The summed E-state index contributed by atoms with van der Waals surface area (Å²) < 4.78 is 5.23. The summed E-state index contributed by atoms with van der Waals surface area (Å²) in [5, 5.41) is 0. The number of hydrogen-bond donors (Lipinski definition) is 0. The predicted octanol–water partition coefficient (Wildman–Crippen LogP) is 0.942. The zero-order valence-corrected chi connectivity index (χ0v) is 8.66. The van der Waals surface area contributed by atoms with Crippen molar-refractivity contribution in [3.8, 4) is 0 Å². The molecule has 1 saturated heterocycles. The molecule has 5 nitrogen and oxygen atoms in total. The first-order valence-corrected chi connectivity index (χ1v) is 5.10. The minimum Gasteiger partial charge on any atom is -0.341 e. The fraction of sp³-hybridized carbons (Fsp3) is 0.500. The Hall–Kier alpha value is -1.14. The standard InChI is InChI=1S/C8H11N3O2S/c1-10-5-13-6-11(8(10)12)3-7-2-9-4-14-7/h2,4H,3,5-6H2,1H3. The van der Waals surface area contributed by atoms with Crippen LogP contribution in [0.3, 0.4) is 0 Å². The van der Waals surface area contributed by atoms with Crippen LogP contribution in [-0.4, -0.2) is 41.3 Å². The van der Waals surface area contributed by atoms with Crippen LogP contribution in [0.5, 0.6) is 0 Å². The highest BCUT2D eigenvalue weighted by molar-refractivity contribution is 7.09. The van der Waals surface area contributed by atoms with E-state index in [4.69, 9.17) is 4.74 Å². The Morgan fingerprint density at radius 2 is 2.50 bits per heavy atom. The fourth-order valence-corrected chi connectivity index (χ4v) is 1.87. The monoisotopic (exact) mass is 213 g/mol. The van der Waals surface area contributed by atoms with Gasteiger partial charge >= 0.3 is 6.03 Å². The Balaban J connectivity index is 2.00. The third-order valence-corrected chi connectivity index (χ3v) is 2.72. The minimum absolute atomic E-state index is 0.00431. The number of aromatic nitrogens is 1. The zero-order valence-electron chi connectivity index (χ0n) is 7.84. The first-order chi connectivity index (χ1) is 6.77. The van der Waals surface area contributed by atoms with Gasteiger partial charge in [0, 0.05) is 18.1 Å². The van der Waals surface area contributed by atoms with Crippen LogP contribution in [0.15, 0.2) is 11.7 Å². The van der Waals surface area contributed by atoms with Gasteiger partial charge in [0.15, 0.2) is 0 Å². The summed E-state index contributed by atoms with van der Waals surface area (Å²) in [4.78, 5) is 19.8. The van der Waals surface area contributed by atoms with Crippen LogP contribution in [0, 0.1) is 0 Å². The van der Waals surface area contributed by atoms with E-state index in [1.165, 1.54) is 0 Å². The van der Waals surface area contributed by atoms with E-state index in [9.17, 15) is 4.79 Å². The number of rotatable bonds is 2. The van der Waals surface area contributed by atoms with Gasteiger partial charge in [-0.3, -0.25) is 9.88 Å². The van der Waals surface area contributed by atoms with E-state index in [0.29, 0.717) is 20.0 Å². The Labute approximate surface area is 85.9 Å². The van der Waals surface area contributed by atoms with Crippen LogP contribution in [0.25, 0.3) is 0 Å². The Kier molecular flexibility index (Phi) is 2.64.